The van der Waals surface area contributed by atoms with Gasteiger partial charge in [0.15, 0.2) is 0 Å². The molecule has 2 aliphatic rings. The maximum absolute atomic E-state index is 9.56. The third-order valence-electron chi connectivity index (χ3n) is 4.01. The number of pyridine rings is 1. The minimum atomic E-state index is -0.234. The average molecular weight is 243 g/mol. The van der Waals surface area contributed by atoms with Gasteiger partial charge >= 0.3 is 0 Å². The van der Waals surface area contributed by atoms with Crippen LogP contribution in [0.25, 0.3) is 5.65 Å². The SMILES string of the molecule is O[C@H]1CN[C@@H](c2cn3cc(C4CC4)ccc3n2)C1. The van der Waals surface area contributed by atoms with Gasteiger partial charge in [-0.05, 0) is 36.8 Å². The lowest BCUT2D eigenvalue weighted by Crippen LogP contribution is -2.15. The highest BCUT2D eigenvalue weighted by molar-refractivity contribution is 5.43. The summed E-state index contributed by atoms with van der Waals surface area (Å²) >= 11 is 0. The minimum absolute atomic E-state index is 0.198. The first-order chi connectivity index (χ1) is 8.79. The van der Waals surface area contributed by atoms with Crippen molar-refractivity contribution in [1.82, 2.24) is 14.7 Å². The lowest BCUT2D eigenvalue weighted by molar-refractivity contribution is 0.193. The van der Waals surface area contributed by atoms with E-state index in [1.807, 2.05) is 0 Å². The Bertz CT molecular complexity index is 588. The second-order valence-corrected chi connectivity index (χ2v) is 5.52. The molecule has 4 nitrogen and oxygen atoms in total. The molecule has 0 spiro atoms. The molecule has 1 aliphatic carbocycles. The van der Waals surface area contributed by atoms with Crippen LogP contribution in [0.1, 0.15) is 42.5 Å². The molecule has 0 bridgehead atoms. The number of hydrogen-bond donors (Lipinski definition) is 2. The molecular weight excluding hydrogens is 226 g/mol. The first kappa shape index (κ1) is 10.5. The Morgan fingerprint density at radius 2 is 2.17 bits per heavy atom. The van der Waals surface area contributed by atoms with Crippen LogP contribution in [0.5, 0.6) is 0 Å². The molecule has 1 saturated heterocycles. The third-order valence-corrected chi connectivity index (χ3v) is 4.01. The maximum Gasteiger partial charge on any atom is 0.137 e. The van der Waals surface area contributed by atoms with Crippen molar-refractivity contribution in [2.24, 2.45) is 0 Å². The lowest BCUT2D eigenvalue weighted by atomic mass is 10.1. The number of imidazole rings is 1. The molecule has 2 atom stereocenters. The van der Waals surface area contributed by atoms with E-state index >= 15 is 0 Å². The van der Waals surface area contributed by atoms with Crippen molar-refractivity contribution in [2.45, 2.75) is 37.3 Å². The summed E-state index contributed by atoms with van der Waals surface area (Å²) in [4.78, 5) is 4.64. The molecule has 0 amide bonds. The number of hydrogen-bond acceptors (Lipinski definition) is 3. The number of nitrogens with one attached hydrogen (secondary N) is 1. The Morgan fingerprint density at radius 1 is 1.28 bits per heavy atom. The predicted molar refractivity (Wildman–Crippen MR) is 68.5 cm³/mol. The highest BCUT2D eigenvalue weighted by Crippen LogP contribution is 2.40. The number of β-amino-alcohol motifs (C(OH)–C–C–N with tert-alkyl or cyclic N) is 1. The fourth-order valence-corrected chi connectivity index (χ4v) is 2.80. The Balaban J connectivity index is 1.70. The van der Waals surface area contributed by atoms with Crippen molar-refractivity contribution in [3.05, 3.63) is 35.8 Å². The zero-order valence-electron chi connectivity index (χ0n) is 10.2. The van der Waals surface area contributed by atoms with Crippen LogP contribution in [-0.2, 0) is 0 Å². The van der Waals surface area contributed by atoms with Crippen LogP contribution in [0.4, 0.5) is 0 Å². The van der Waals surface area contributed by atoms with Crippen LogP contribution in [0.15, 0.2) is 24.5 Å². The largest absolute Gasteiger partial charge is 0.392 e. The number of aliphatic hydroxyl groups is 1. The highest BCUT2D eigenvalue weighted by atomic mass is 16.3. The molecule has 2 fully saturated rings. The predicted octanol–water partition coefficient (Wildman–Crippen LogP) is 1.61. The van der Waals surface area contributed by atoms with Crippen molar-refractivity contribution in [2.75, 3.05) is 6.54 Å². The van der Waals surface area contributed by atoms with E-state index in [1.54, 1.807) is 0 Å². The Hall–Kier alpha value is -1.39. The summed E-state index contributed by atoms with van der Waals surface area (Å²) in [6, 6.07) is 4.49. The van der Waals surface area contributed by atoms with Gasteiger partial charge in [-0.1, -0.05) is 6.07 Å². The molecule has 1 aliphatic heterocycles. The van der Waals surface area contributed by atoms with Crippen LogP contribution >= 0.6 is 0 Å². The van der Waals surface area contributed by atoms with Gasteiger partial charge in [-0.2, -0.15) is 0 Å². The number of fused-ring (bicyclic) bond motifs is 1. The number of aliphatic hydroxyl groups excluding tert-OH is 1. The van der Waals surface area contributed by atoms with E-state index in [1.165, 1.54) is 18.4 Å². The number of rotatable bonds is 2. The van der Waals surface area contributed by atoms with Crippen molar-refractivity contribution < 1.29 is 5.11 Å². The monoisotopic (exact) mass is 243 g/mol. The topological polar surface area (TPSA) is 49.6 Å². The fourth-order valence-electron chi connectivity index (χ4n) is 2.80. The third kappa shape index (κ3) is 1.72. The van der Waals surface area contributed by atoms with Gasteiger partial charge in [0.25, 0.3) is 0 Å². The molecule has 4 rings (SSSR count). The van der Waals surface area contributed by atoms with Crippen LogP contribution in [0, 0.1) is 0 Å². The summed E-state index contributed by atoms with van der Waals surface area (Å²) in [5.74, 6) is 0.770. The molecule has 2 aromatic heterocycles. The Kier molecular flexibility index (Phi) is 2.22. The first-order valence-electron chi connectivity index (χ1n) is 6.69. The van der Waals surface area contributed by atoms with E-state index in [0.29, 0.717) is 6.54 Å². The average Bonchev–Trinajstić information content (AvgIpc) is 2.99. The van der Waals surface area contributed by atoms with E-state index < -0.39 is 0 Å². The van der Waals surface area contributed by atoms with Gasteiger partial charge < -0.3 is 14.8 Å². The van der Waals surface area contributed by atoms with Gasteiger partial charge in [0.2, 0.25) is 0 Å². The first-order valence-corrected chi connectivity index (χ1v) is 6.69. The Labute approximate surface area is 106 Å². The molecule has 4 heteroatoms. The van der Waals surface area contributed by atoms with Gasteiger partial charge in [-0.3, -0.25) is 0 Å². The molecular formula is C14H17N3O. The standard InChI is InChI=1S/C14H17N3O/c18-11-5-12(15-6-11)13-8-17-7-10(9-1-2-9)3-4-14(17)16-13/h3-4,7-9,11-12,15,18H,1-2,5-6H2/t11-,12-/m1/s1. The van der Waals surface area contributed by atoms with Crippen LogP contribution in [0.2, 0.25) is 0 Å². The zero-order valence-corrected chi connectivity index (χ0v) is 10.2. The maximum atomic E-state index is 9.56. The molecule has 0 radical (unpaired) electrons. The summed E-state index contributed by atoms with van der Waals surface area (Å²) in [6.45, 7) is 0.672. The van der Waals surface area contributed by atoms with Crippen molar-refractivity contribution in [3.63, 3.8) is 0 Å². The second-order valence-electron chi connectivity index (χ2n) is 5.52. The summed E-state index contributed by atoms with van der Waals surface area (Å²) in [5.41, 5.74) is 3.46. The Morgan fingerprint density at radius 3 is 2.89 bits per heavy atom. The normalized spacial score (nSPS) is 28.1. The van der Waals surface area contributed by atoms with Gasteiger partial charge in [0, 0.05) is 18.9 Å². The van der Waals surface area contributed by atoms with Crippen molar-refractivity contribution >= 4 is 5.65 Å². The van der Waals surface area contributed by atoms with Gasteiger partial charge in [0.05, 0.1) is 17.8 Å². The molecule has 3 heterocycles. The molecule has 18 heavy (non-hydrogen) atoms. The second kappa shape index (κ2) is 3.80. The van der Waals surface area contributed by atoms with Crippen molar-refractivity contribution in [1.29, 1.82) is 0 Å². The summed E-state index contributed by atoms with van der Waals surface area (Å²) < 4.78 is 2.12. The molecule has 0 aromatic carbocycles. The number of aromatic nitrogens is 2. The van der Waals surface area contributed by atoms with Gasteiger partial charge in [-0.15, -0.1) is 0 Å². The summed E-state index contributed by atoms with van der Waals surface area (Å²) in [6.07, 6.45) is 7.47. The smallest absolute Gasteiger partial charge is 0.137 e. The molecule has 2 aromatic rings. The van der Waals surface area contributed by atoms with Crippen LogP contribution < -0.4 is 5.32 Å². The fraction of sp³-hybridized carbons (Fsp3) is 0.500. The molecule has 94 valence electrons. The quantitative estimate of drug-likeness (QED) is 0.842. The summed E-state index contributed by atoms with van der Waals surface area (Å²) in [7, 11) is 0. The highest BCUT2D eigenvalue weighted by Gasteiger charge is 2.26. The molecule has 0 unspecified atom stereocenters. The van der Waals surface area contributed by atoms with Gasteiger partial charge in [-0.25, -0.2) is 4.98 Å². The summed E-state index contributed by atoms with van der Waals surface area (Å²) in [5, 5.41) is 12.9. The van der Waals surface area contributed by atoms with Crippen molar-refractivity contribution in [3.8, 4) is 0 Å². The zero-order chi connectivity index (χ0) is 12.1. The van der Waals surface area contributed by atoms with Crippen LogP contribution in [0.3, 0.4) is 0 Å². The number of nitrogens with zero attached hydrogens (tertiary/aromatic N) is 2. The van der Waals surface area contributed by atoms with E-state index in [2.05, 4.69) is 39.2 Å². The van der Waals surface area contributed by atoms with E-state index in [0.717, 1.165) is 23.7 Å². The van der Waals surface area contributed by atoms with E-state index in [4.69, 9.17) is 0 Å². The van der Waals surface area contributed by atoms with Gasteiger partial charge in [0.1, 0.15) is 5.65 Å². The molecule has 1 saturated carbocycles. The van der Waals surface area contributed by atoms with E-state index in [-0.39, 0.29) is 12.1 Å². The minimum Gasteiger partial charge on any atom is -0.392 e. The molecule has 2 N–H and O–H groups in total. The van der Waals surface area contributed by atoms with Crippen LogP contribution in [-0.4, -0.2) is 27.1 Å². The lowest BCUT2D eigenvalue weighted by Gasteiger charge is -2.04. The van der Waals surface area contributed by atoms with E-state index in [9.17, 15) is 5.11 Å².